The maximum absolute atomic E-state index is 10.4. The average Bonchev–Trinajstić information content (AvgIpc) is 2.42. The normalized spacial score (nSPS) is 10.2. The van der Waals surface area contributed by atoms with Crippen LogP contribution < -0.4 is 34.2 Å². The number of Topliss-reactive ketones (excluding diaryl/α,β-unsaturated/α-hetero) is 1. The van der Waals surface area contributed by atoms with E-state index >= 15 is 0 Å². The fourth-order valence-electron chi connectivity index (χ4n) is 1.67. The Kier molecular flexibility index (Phi) is 41.2. The van der Waals surface area contributed by atoms with Crippen LogP contribution in [-0.2, 0) is 4.79 Å². The van der Waals surface area contributed by atoms with Gasteiger partial charge in [0.15, 0.2) is 0 Å². The number of rotatable bonds is 10. The third-order valence-corrected chi connectivity index (χ3v) is 2.86. The molecule has 1 N–H and O–H groups in total. The molecule has 1 unspecified atom stereocenters. The van der Waals surface area contributed by atoms with E-state index < -0.39 is 0 Å². The minimum atomic E-state index is -0.0955. The standard InChI is InChI=1S/C8H18O.C8H16O.ClO.Na/c2*1-3-4-5-6-7-8(2)9;1-2;/h8-9H,3-7H2,1-2H3;3-7H2,1-2H3;;/q;;-1;+1. The van der Waals surface area contributed by atoms with Crippen molar-refractivity contribution in [2.45, 2.75) is 98.0 Å². The van der Waals surface area contributed by atoms with E-state index in [0.717, 1.165) is 19.3 Å². The van der Waals surface area contributed by atoms with Gasteiger partial charge in [0.25, 0.3) is 0 Å². The van der Waals surface area contributed by atoms with E-state index in [9.17, 15) is 4.79 Å². The SMILES string of the molecule is CCCCCCC(C)=O.CCCCCCC(C)O.[Na+].[O-]Cl. The van der Waals surface area contributed by atoms with E-state index in [-0.39, 0.29) is 35.7 Å². The minimum absolute atomic E-state index is 0. The number of aliphatic hydroxyl groups is 1. The Balaban J connectivity index is -0.000000118. The monoisotopic (exact) mass is 332 g/mol. The summed E-state index contributed by atoms with van der Waals surface area (Å²) in [6.07, 6.45) is 11.5. The van der Waals surface area contributed by atoms with Gasteiger partial charge in [0.05, 0.1) is 6.10 Å². The van der Waals surface area contributed by atoms with E-state index in [1.165, 1.54) is 44.9 Å². The molecule has 0 spiro atoms. The van der Waals surface area contributed by atoms with Gasteiger partial charge in [-0.1, -0.05) is 58.8 Å². The van der Waals surface area contributed by atoms with Crippen molar-refractivity contribution in [2.75, 3.05) is 0 Å². The summed E-state index contributed by atoms with van der Waals surface area (Å²) in [5.41, 5.74) is 0. The number of carbonyl (C=O) groups is 1. The van der Waals surface area contributed by atoms with Crippen LogP contribution in [0.1, 0.15) is 91.9 Å². The maximum atomic E-state index is 10.4. The zero-order valence-corrected chi connectivity index (χ0v) is 17.5. The smallest absolute Gasteiger partial charge is 0.769 e. The Labute approximate surface area is 159 Å². The third-order valence-electron chi connectivity index (χ3n) is 2.86. The molecular formula is C16H34ClNaO3. The summed E-state index contributed by atoms with van der Waals surface area (Å²) in [7, 11) is 0. The average molecular weight is 333 g/mol. The van der Waals surface area contributed by atoms with Gasteiger partial charge in [0, 0.05) is 6.42 Å². The summed E-state index contributed by atoms with van der Waals surface area (Å²) in [4.78, 5) is 10.4. The van der Waals surface area contributed by atoms with E-state index in [1.54, 1.807) is 6.92 Å². The molecule has 0 aliphatic carbocycles. The topological polar surface area (TPSA) is 60.4 Å². The first-order valence-corrected chi connectivity index (χ1v) is 8.18. The molecular weight excluding hydrogens is 299 g/mol. The second-order valence-corrected chi connectivity index (χ2v) is 5.21. The molecule has 0 fully saturated rings. The van der Waals surface area contributed by atoms with E-state index in [2.05, 4.69) is 25.7 Å². The van der Waals surface area contributed by atoms with Crippen LogP contribution in [0.5, 0.6) is 0 Å². The van der Waals surface area contributed by atoms with Crippen molar-refractivity contribution in [3.05, 3.63) is 0 Å². The van der Waals surface area contributed by atoms with Crippen molar-refractivity contribution in [1.82, 2.24) is 0 Å². The molecule has 0 heterocycles. The second-order valence-electron chi connectivity index (χ2n) is 5.21. The molecule has 1 atom stereocenters. The molecule has 5 heteroatoms. The van der Waals surface area contributed by atoms with Crippen molar-refractivity contribution in [3.8, 4) is 0 Å². The van der Waals surface area contributed by atoms with Gasteiger partial charge in [0.2, 0.25) is 0 Å². The van der Waals surface area contributed by atoms with Gasteiger partial charge in [-0.05, 0) is 26.7 Å². The first-order chi connectivity index (χ1) is 9.54. The van der Waals surface area contributed by atoms with Crippen LogP contribution in [0.3, 0.4) is 0 Å². The number of aliphatic hydroxyl groups excluding tert-OH is 1. The van der Waals surface area contributed by atoms with Gasteiger partial charge in [-0.15, -0.1) is 0 Å². The van der Waals surface area contributed by atoms with Crippen molar-refractivity contribution in [3.63, 3.8) is 0 Å². The van der Waals surface area contributed by atoms with Crippen LogP contribution in [0.2, 0.25) is 0 Å². The largest absolute Gasteiger partial charge is 1.00 e. The number of ketones is 1. The predicted octanol–water partition coefficient (Wildman–Crippen LogP) is 1.39. The Bertz CT molecular complexity index is 179. The summed E-state index contributed by atoms with van der Waals surface area (Å²) >= 11 is 3.39. The second kappa shape index (κ2) is 29.0. The van der Waals surface area contributed by atoms with Crippen LogP contribution >= 0.6 is 11.9 Å². The molecule has 0 saturated heterocycles. The quantitative estimate of drug-likeness (QED) is 0.486. The van der Waals surface area contributed by atoms with Crippen LogP contribution in [0.25, 0.3) is 0 Å². The first kappa shape index (κ1) is 29.8. The van der Waals surface area contributed by atoms with Gasteiger partial charge in [-0.3, -0.25) is 0 Å². The summed E-state index contributed by atoms with van der Waals surface area (Å²) < 4.78 is 7.72. The van der Waals surface area contributed by atoms with Gasteiger partial charge in [-0.25, -0.2) is 11.9 Å². The van der Waals surface area contributed by atoms with Gasteiger partial charge in [-0.2, -0.15) is 0 Å². The molecule has 3 nitrogen and oxygen atoms in total. The molecule has 0 amide bonds. The van der Waals surface area contributed by atoms with Gasteiger partial charge >= 0.3 is 29.6 Å². The number of carbonyl (C=O) groups excluding carboxylic acids is 1. The molecule has 124 valence electrons. The molecule has 0 aromatic heterocycles. The van der Waals surface area contributed by atoms with Crippen LogP contribution in [0, 0.1) is 0 Å². The Morgan fingerprint density at radius 1 is 1.00 bits per heavy atom. The van der Waals surface area contributed by atoms with E-state index in [4.69, 9.17) is 9.77 Å². The Morgan fingerprint density at radius 2 is 1.43 bits per heavy atom. The van der Waals surface area contributed by atoms with Crippen molar-refractivity contribution in [2.24, 2.45) is 0 Å². The molecule has 0 aliphatic heterocycles. The molecule has 0 aromatic rings. The number of halogens is 1. The molecule has 0 saturated carbocycles. The van der Waals surface area contributed by atoms with Gasteiger partial charge in [0.1, 0.15) is 5.78 Å². The van der Waals surface area contributed by atoms with E-state index in [1.807, 2.05) is 6.92 Å². The predicted molar refractivity (Wildman–Crippen MR) is 85.7 cm³/mol. The number of hydrogen-bond donors (Lipinski definition) is 1. The zero-order valence-electron chi connectivity index (χ0n) is 14.8. The number of unbranched alkanes of at least 4 members (excludes halogenated alkanes) is 6. The Morgan fingerprint density at radius 3 is 1.76 bits per heavy atom. The number of hydrogen-bond acceptors (Lipinski definition) is 3. The van der Waals surface area contributed by atoms with E-state index in [0.29, 0.717) is 5.78 Å². The summed E-state index contributed by atoms with van der Waals surface area (Å²) in [6, 6.07) is 0. The third kappa shape index (κ3) is 44.9. The van der Waals surface area contributed by atoms with Crippen molar-refractivity contribution in [1.29, 1.82) is 0 Å². The van der Waals surface area contributed by atoms with Crippen LogP contribution in [0.15, 0.2) is 0 Å². The van der Waals surface area contributed by atoms with Gasteiger partial charge < -0.3 is 14.6 Å². The van der Waals surface area contributed by atoms with Crippen molar-refractivity contribution < 1.29 is 44.1 Å². The molecule has 0 aromatic carbocycles. The summed E-state index contributed by atoms with van der Waals surface area (Å²) in [5.74, 6) is 0.325. The molecule has 0 rings (SSSR count). The summed E-state index contributed by atoms with van der Waals surface area (Å²) in [5, 5.41) is 8.85. The van der Waals surface area contributed by atoms with Crippen LogP contribution in [0.4, 0.5) is 0 Å². The first-order valence-electron chi connectivity index (χ1n) is 7.87. The fraction of sp³-hybridized carbons (Fsp3) is 0.938. The Hall–Kier alpha value is 0.880. The fourth-order valence-corrected chi connectivity index (χ4v) is 1.67. The summed E-state index contributed by atoms with van der Waals surface area (Å²) in [6.45, 7) is 7.88. The zero-order chi connectivity index (χ0) is 16.2. The molecule has 0 bridgehead atoms. The molecule has 0 radical (unpaired) electrons. The van der Waals surface area contributed by atoms with Crippen LogP contribution in [-0.4, -0.2) is 17.0 Å². The van der Waals surface area contributed by atoms with Crippen molar-refractivity contribution >= 4 is 17.6 Å². The minimum Gasteiger partial charge on any atom is -0.769 e. The maximum Gasteiger partial charge on any atom is 1.00 e. The molecule has 21 heavy (non-hydrogen) atoms. The molecule has 0 aliphatic rings.